The van der Waals surface area contributed by atoms with Crippen molar-refractivity contribution >= 4 is 17.5 Å². The Morgan fingerprint density at radius 3 is 3.12 bits per heavy atom. The van der Waals surface area contributed by atoms with E-state index in [2.05, 4.69) is 0 Å². The van der Waals surface area contributed by atoms with E-state index < -0.39 is 0 Å². The number of anilines is 2. The SMILES string of the molecule is CCCOC(=O)N1CCc2cccc(N)c21. The molecule has 0 unspecified atom stereocenters. The number of benzene rings is 1. The average Bonchev–Trinajstić information content (AvgIpc) is 2.71. The molecule has 1 amide bonds. The smallest absolute Gasteiger partial charge is 0.414 e. The van der Waals surface area contributed by atoms with E-state index in [0.717, 1.165) is 24.1 Å². The lowest BCUT2D eigenvalue weighted by molar-refractivity contribution is 0.154. The summed E-state index contributed by atoms with van der Waals surface area (Å²) in [5.41, 5.74) is 8.46. The second kappa shape index (κ2) is 4.43. The summed E-state index contributed by atoms with van der Waals surface area (Å²) in [6.07, 6.45) is 1.39. The molecule has 0 bridgehead atoms. The molecule has 16 heavy (non-hydrogen) atoms. The van der Waals surface area contributed by atoms with Gasteiger partial charge in [0.05, 0.1) is 18.0 Å². The number of para-hydroxylation sites is 1. The molecule has 0 aliphatic carbocycles. The number of amides is 1. The van der Waals surface area contributed by atoms with Gasteiger partial charge in [0.2, 0.25) is 0 Å². The predicted octanol–water partition coefficient (Wildman–Crippen LogP) is 2.18. The summed E-state index contributed by atoms with van der Waals surface area (Å²) in [4.78, 5) is 13.4. The van der Waals surface area contributed by atoms with Crippen LogP contribution >= 0.6 is 0 Å². The Labute approximate surface area is 95.0 Å². The van der Waals surface area contributed by atoms with Crippen molar-refractivity contribution in [3.05, 3.63) is 23.8 Å². The van der Waals surface area contributed by atoms with Gasteiger partial charge in [0.25, 0.3) is 0 Å². The fraction of sp³-hybridized carbons (Fsp3) is 0.417. The van der Waals surface area contributed by atoms with Crippen molar-refractivity contribution in [1.82, 2.24) is 0 Å². The first-order chi connectivity index (χ1) is 7.74. The number of hydrogen-bond acceptors (Lipinski definition) is 3. The van der Waals surface area contributed by atoms with Crippen LogP contribution in [0.2, 0.25) is 0 Å². The van der Waals surface area contributed by atoms with Gasteiger partial charge >= 0.3 is 6.09 Å². The van der Waals surface area contributed by atoms with Crippen molar-refractivity contribution < 1.29 is 9.53 Å². The van der Waals surface area contributed by atoms with Crippen LogP contribution < -0.4 is 10.6 Å². The minimum atomic E-state index is -0.293. The number of ether oxygens (including phenoxy) is 1. The number of nitrogens with two attached hydrogens (primary N) is 1. The molecule has 1 aliphatic heterocycles. The summed E-state index contributed by atoms with van der Waals surface area (Å²) in [5.74, 6) is 0. The first-order valence-corrected chi connectivity index (χ1v) is 5.55. The third-order valence-corrected chi connectivity index (χ3v) is 2.68. The summed E-state index contributed by atoms with van der Waals surface area (Å²) in [5, 5.41) is 0. The molecule has 0 atom stereocenters. The lowest BCUT2D eigenvalue weighted by Crippen LogP contribution is -2.30. The zero-order valence-electron chi connectivity index (χ0n) is 9.40. The minimum absolute atomic E-state index is 0.293. The van der Waals surface area contributed by atoms with E-state index in [9.17, 15) is 4.79 Å². The van der Waals surface area contributed by atoms with Gasteiger partial charge in [-0.05, 0) is 24.5 Å². The van der Waals surface area contributed by atoms with Crippen molar-refractivity contribution in [1.29, 1.82) is 0 Å². The van der Waals surface area contributed by atoms with Gasteiger partial charge in [-0.15, -0.1) is 0 Å². The van der Waals surface area contributed by atoms with Crippen molar-refractivity contribution in [2.24, 2.45) is 0 Å². The van der Waals surface area contributed by atoms with Crippen LogP contribution in [0.1, 0.15) is 18.9 Å². The van der Waals surface area contributed by atoms with Crippen LogP contribution in [0.3, 0.4) is 0 Å². The Morgan fingerprint density at radius 2 is 2.38 bits per heavy atom. The Hall–Kier alpha value is -1.71. The van der Waals surface area contributed by atoms with Crippen molar-refractivity contribution in [3.8, 4) is 0 Å². The standard InChI is InChI=1S/C12H16N2O2/c1-2-8-16-12(15)14-7-6-9-4-3-5-10(13)11(9)14/h3-5H,2,6-8,13H2,1H3. The van der Waals surface area contributed by atoms with E-state index in [1.54, 1.807) is 4.90 Å². The molecular formula is C12H16N2O2. The van der Waals surface area contributed by atoms with Crippen molar-refractivity contribution in [2.45, 2.75) is 19.8 Å². The van der Waals surface area contributed by atoms with Gasteiger partial charge < -0.3 is 10.5 Å². The molecule has 0 radical (unpaired) electrons. The molecule has 0 saturated heterocycles. The lowest BCUT2D eigenvalue weighted by atomic mass is 10.1. The van der Waals surface area contributed by atoms with Crippen LogP contribution in [-0.2, 0) is 11.2 Å². The maximum Gasteiger partial charge on any atom is 0.414 e. The van der Waals surface area contributed by atoms with Crippen molar-refractivity contribution in [3.63, 3.8) is 0 Å². The van der Waals surface area contributed by atoms with Gasteiger partial charge in [-0.25, -0.2) is 4.79 Å². The molecule has 4 nitrogen and oxygen atoms in total. The Bertz CT molecular complexity index is 404. The number of nitrogen functional groups attached to an aromatic ring is 1. The van der Waals surface area contributed by atoms with E-state index in [1.165, 1.54) is 0 Å². The fourth-order valence-corrected chi connectivity index (χ4v) is 1.94. The quantitative estimate of drug-likeness (QED) is 0.777. The monoisotopic (exact) mass is 220 g/mol. The lowest BCUT2D eigenvalue weighted by Gasteiger charge is -2.18. The van der Waals surface area contributed by atoms with E-state index in [0.29, 0.717) is 18.8 Å². The molecule has 0 fully saturated rings. The molecule has 0 spiro atoms. The van der Waals surface area contributed by atoms with Crippen LogP contribution in [0.4, 0.5) is 16.2 Å². The molecule has 2 N–H and O–H groups in total. The maximum absolute atomic E-state index is 11.8. The van der Waals surface area contributed by atoms with Crippen molar-refractivity contribution in [2.75, 3.05) is 23.8 Å². The number of nitrogens with zero attached hydrogens (tertiary/aromatic N) is 1. The summed E-state index contributed by atoms with van der Waals surface area (Å²) in [6, 6.07) is 5.72. The van der Waals surface area contributed by atoms with Gasteiger partial charge in [0, 0.05) is 6.54 Å². The van der Waals surface area contributed by atoms with E-state index >= 15 is 0 Å². The molecule has 0 aromatic heterocycles. The highest BCUT2D eigenvalue weighted by Crippen LogP contribution is 2.33. The highest BCUT2D eigenvalue weighted by atomic mass is 16.6. The van der Waals surface area contributed by atoms with Crippen LogP contribution in [0.15, 0.2) is 18.2 Å². The minimum Gasteiger partial charge on any atom is -0.449 e. The second-order valence-electron chi connectivity index (χ2n) is 3.87. The van der Waals surface area contributed by atoms with Crippen LogP contribution in [0, 0.1) is 0 Å². The molecule has 1 heterocycles. The Balaban J connectivity index is 2.19. The largest absolute Gasteiger partial charge is 0.449 e. The van der Waals surface area contributed by atoms with Gasteiger partial charge in [-0.1, -0.05) is 19.1 Å². The summed E-state index contributed by atoms with van der Waals surface area (Å²) < 4.78 is 5.12. The molecule has 2 rings (SSSR count). The molecular weight excluding hydrogens is 204 g/mol. The summed E-state index contributed by atoms with van der Waals surface area (Å²) >= 11 is 0. The van der Waals surface area contributed by atoms with Gasteiger partial charge in [0.15, 0.2) is 0 Å². The van der Waals surface area contributed by atoms with Crippen LogP contribution in [0.5, 0.6) is 0 Å². The second-order valence-corrected chi connectivity index (χ2v) is 3.87. The Morgan fingerprint density at radius 1 is 1.56 bits per heavy atom. The maximum atomic E-state index is 11.8. The molecule has 1 aromatic rings. The molecule has 0 saturated carbocycles. The van der Waals surface area contributed by atoms with E-state index in [1.807, 2.05) is 25.1 Å². The highest BCUT2D eigenvalue weighted by Gasteiger charge is 2.27. The average molecular weight is 220 g/mol. The third kappa shape index (κ3) is 1.83. The highest BCUT2D eigenvalue weighted by molar-refractivity contribution is 5.94. The number of fused-ring (bicyclic) bond motifs is 1. The summed E-state index contributed by atoms with van der Waals surface area (Å²) in [7, 11) is 0. The van der Waals surface area contributed by atoms with Gasteiger partial charge in [-0.3, -0.25) is 4.90 Å². The van der Waals surface area contributed by atoms with Crippen LogP contribution in [0.25, 0.3) is 0 Å². The predicted molar refractivity (Wildman–Crippen MR) is 63.5 cm³/mol. The van der Waals surface area contributed by atoms with Crippen LogP contribution in [-0.4, -0.2) is 19.2 Å². The number of rotatable bonds is 2. The number of carbonyl (C=O) groups is 1. The van der Waals surface area contributed by atoms with Gasteiger partial charge in [0.1, 0.15) is 0 Å². The number of hydrogen-bond donors (Lipinski definition) is 1. The molecule has 1 aliphatic rings. The zero-order valence-corrected chi connectivity index (χ0v) is 9.40. The topological polar surface area (TPSA) is 55.6 Å². The third-order valence-electron chi connectivity index (χ3n) is 2.68. The first kappa shape index (κ1) is 10.8. The van der Waals surface area contributed by atoms with E-state index in [-0.39, 0.29) is 6.09 Å². The Kier molecular flexibility index (Phi) is 2.99. The normalized spacial score (nSPS) is 13.7. The molecule has 1 aromatic carbocycles. The fourth-order valence-electron chi connectivity index (χ4n) is 1.94. The van der Waals surface area contributed by atoms with E-state index in [4.69, 9.17) is 10.5 Å². The molecule has 4 heteroatoms. The number of carbonyl (C=O) groups excluding carboxylic acids is 1. The zero-order chi connectivity index (χ0) is 11.5. The first-order valence-electron chi connectivity index (χ1n) is 5.55. The van der Waals surface area contributed by atoms with Gasteiger partial charge in [-0.2, -0.15) is 0 Å². The summed E-state index contributed by atoms with van der Waals surface area (Å²) in [6.45, 7) is 3.09. The molecule has 86 valence electrons.